The molecular formula is C95H4. The first kappa shape index (κ1) is 74.3. The van der Waals surface area contributed by atoms with E-state index in [1.54, 1.807) is 6.92 Å². The van der Waals surface area contributed by atoms with E-state index < -0.39 is 0 Å². The van der Waals surface area contributed by atoms with Crippen molar-refractivity contribution in [3.05, 3.63) is 0 Å². The zero-order chi connectivity index (χ0) is 67.8. The van der Waals surface area contributed by atoms with Crippen LogP contribution in [0.5, 0.6) is 0 Å². The predicted molar refractivity (Wildman–Crippen MR) is 372 cm³/mol. The Kier molecular flexibility index (Phi) is 57.4. The molecule has 0 rings (SSSR count). The molecule has 0 spiro atoms. The molecule has 384 valence electrons. The summed E-state index contributed by atoms with van der Waals surface area (Å²) >= 11 is 0. The fraction of sp³-hybridized carbons (Fsp3) is 0.0105. The summed E-state index contributed by atoms with van der Waals surface area (Å²) < 4.78 is 0. The van der Waals surface area contributed by atoms with Crippen LogP contribution in [-0.2, 0) is 0 Å². The summed E-state index contributed by atoms with van der Waals surface area (Å²) in [6.07, 6.45) is 4.95. The number of rotatable bonds is 0. The molecule has 0 unspecified atom stereocenters. The maximum Gasteiger partial charge on any atom is 0 e. The standard InChI is InChI=1S/C95H4/c1-3-5-7-9-11-13-15-17-19-21-23-25-27-29-31-33-35-37-39-41-43-45-47-49-51-53-55-57-59-61-63-65-67-69-71-73-75-77-79-81-83-85-87-89-91-93-95-94-92-90-88-86-84-82-80-78-76-74-72-70-68-66-64-62-60-58-56-54-52-50-48-46-44-42-40-38-36-34-32-30-28-26-24-22-20-18-16-14-12-10-8-6-4-2/h1H,2H3. The third kappa shape index (κ3) is 73.3. The summed E-state index contributed by atoms with van der Waals surface area (Å²) in [6.45, 7) is 1.68. The van der Waals surface area contributed by atoms with Gasteiger partial charge in [0, 0.05) is 450 Å². The van der Waals surface area contributed by atoms with Crippen LogP contribution in [0.1, 0.15) is 6.92 Å². The van der Waals surface area contributed by atoms with Crippen LogP contribution in [0, 0.1) is 557 Å². The second-order valence-electron chi connectivity index (χ2n) is 11.8. The molecule has 0 amide bonds. The van der Waals surface area contributed by atoms with Crippen LogP contribution in [0.25, 0.3) is 0 Å². The highest BCUT2D eigenvalue weighted by atomic mass is 13.7. The van der Waals surface area contributed by atoms with Gasteiger partial charge in [-0.1, -0.05) is 5.92 Å². The topological polar surface area (TPSA) is 0 Å². The molecule has 0 aromatic rings. The van der Waals surface area contributed by atoms with Gasteiger partial charge < -0.3 is 0 Å². The van der Waals surface area contributed by atoms with Crippen molar-refractivity contribution < 1.29 is 0 Å². The number of hydrogen-bond donors (Lipinski definition) is 0. The quantitative estimate of drug-likeness (QED) is 0.316. The van der Waals surface area contributed by atoms with Gasteiger partial charge in [0.25, 0.3) is 0 Å². The number of hydrogen-bond acceptors (Lipinski definition) is 0. The lowest BCUT2D eigenvalue weighted by molar-refractivity contribution is 1.92. The van der Waals surface area contributed by atoms with Crippen molar-refractivity contribution >= 4 is 0 Å². The van der Waals surface area contributed by atoms with Crippen molar-refractivity contribution in [1.29, 1.82) is 0 Å². The van der Waals surface area contributed by atoms with Gasteiger partial charge in [0.05, 0.1) is 0 Å². The smallest absolute Gasteiger partial charge is 0 e. The summed E-state index contributed by atoms with van der Waals surface area (Å²) in [7, 11) is 0. The van der Waals surface area contributed by atoms with Crippen LogP contribution in [0.15, 0.2) is 0 Å². The third-order valence-electron chi connectivity index (χ3n) is 5.82. The summed E-state index contributed by atoms with van der Waals surface area (Å²) in [6, 6.07) is 0. The van der Waals surface area contributed by atoms with E-state index in [4.69, 9.17) is 6.42 Å². The molecular weight excluding hydrogens is 1140 g/mol. The van der Waals surface area contributed by atoms with Gasteiger partial charge in [-0.25, -0.2) is 0 Å². The summed E-state index contributed by atoms with van der Waals surface area (Å²) in [5.74, 6) is 232. The van der Waals surface area contributed by atoms with Gasteiger partial charge in [-0.15, -0.1) is 6.42 Å². The molecule has 0 saturated heterocycles. The zero-order valence-corrected chi connectivity index (χ0v) is 48.1. The molecule has 0 fully saturated rings. The number of terminal acetylenes is 1. The molecule has 0 aliphatic carbocycles. The highest BCUT2D eigenvalue weighted by Gasteiger charge is 1.66. The summed E-state index contributed by atoms with van der Waals surface area (Å²) in [5, 5.41) is 0. The van der Waals surface area contributed by atoms with E-state index >= 15 is 0 Å². The Morgan fingerprint density at radius 2 is 0.137 bits per heavy atom. The average Bonchev–Trinajstić information content (AvgIpc) is 3.59. The van der Waals surface area contributed by atoms with Gasteiger partial charge in [0.1, 0.15) is 0 Å². The van der Waals surface area contributed by atoms with E-state index in [-0.39, 0.29) is 0 Å². The lowest BCUT2D eigenvalue weighted by Crippen LogP contribution is -1.57. The Morgan fingerprint density at radius 1 is 0.0842 bits per heavy atom. The fourth-order valence-electron chi connectivity index (χ4n) is 2.88. The van der Waals surface area contributed by atoms with E-state index in [9.17, 15) is 0 Å². The molecule has 0 heteroatoms. The Labute approximate surface area is 560 Å². The first-order valence-corrected chi connectivity index (χ1v) is 23.8. The molecule has 0 N–H and O–H groups in total. The van der Waals surface area contributed by atoms with Gasteiger partial charge in [-0.2, -0.15) is 0 Å². The molecule has 0 radical (unpaired) electrons. The molecule has 0 bridgehead atoms. The largest absolute Gasteiger partial charge is 0.106 e. The van der Waals surface area contributed by atoms with Gasteiger partial charge in [-0.05, 0) is 102 Å². The molecule has 0 nitrogen and oxygen atoms in total. The first-order chi connectivity index (χ1) is 47.4. The summed E-state index contributed by atoms with van der Waals surface area (Å²) in [5.41, 5.74) is 0. The highest BCUT2D eigenvalue weighted by Crippen LogP contribution is 1.67. The van der Waals surface area contributed by atoms with Gasteiger partial charge in [0.2, 0.25) is 0 Å². The SMILES string of the molecule is C#CC#CC#CC#CC#CC#CC#CC#CC#CC#CC#CC#CC#CC#CC#CC#CC#CC#CC#CC#CC#CC#CC#CC#CC#CC#CC#CC#CC#CC#CC#CC#CC#CC#CC#CC#CC#CC#CC#CC#CC#CC#CC#CC#CC#CC#CC#CC. The van der Waals surface area contributed by atoms with Gasteiger partial charge in [0.15, 0.2) is 0 Å². The average molecular weight is 1150 g/mol. The monoisotopic (exact) mass is 1140 g/mol. The minimum atomic E-state index is 1.68. The lowest BCUT2D eigenvalue weighted by atomic mass is 10.4. The van der Waals surface area contributed by atoms with E-state index in [0.29, 0.717) is 0 Å². The van der Waals surface area contributed by atoms with Crippen LogP contribution in [0.4, 0.5) is 0 Å². The maximum atomic E-state index is 4.95. The zero-order valence-electron chi connectivity index (χ0n) is 48.1. The molecule has 0 aliphatic rings. The molecule has 0 atom stereocenters. The normalized spacial score (nSPS) is 3.96. The van der Waals surface area contributed by atoms with Crippen LogP contribution < -0.4 is 0 Å². The molecule has 95 heavy (non-hydrogen) atoms. The Morgan fingerprint density at radius 3 is 0.189 bits per heavy atom. The highest BCUT2D eigenvalue weighted by molar-refractivity contribution is 5.55. The van der Waals surface area contributed by atoms with Crippen molar-refractivity contribution in [2.24, 2.45) is 0 Å². The van der Waals surface area contributed by atoms with E-state index in [2.05, 4.69) is 551 Å². The fourth-order valence-corrected chi connectivity index (χ4v) is 2.88. The minimum absolute atomic E-state index is 1.68. The molecule has 0 heterocycles. The lowest BCUT2D eigenvalue weighted by Gasteiger charge is -1.58. The molecule has 0 aromatic carbocycles. The van der Waals surface area contributed by atoms with E-state index in [1.807, 2.05) is 0 Å². The van der Waals surface area contributed by atoms with E-state index in [0.717, 1.165) is 0 Å². The Hall–Kier alpha value is -20.7. The molecule has 0 saturated carbocycles. The van der Waals surface area contributed by atoms with Crippen LogP contribution >= 0.6 is 0 Å². The van der Waals surface area contributed by atoms with Crippen molar-refractivity contribution in [3.63, 3.8) is 0 Å². The van der Waals surface area contributed by atoms with Crippen LogP contribution in [0.2, 0.25) is 0 Å². The summed E-state index contributed by atoms with van der Waals surface area (Å²) in [4.78, 5) is 0. The molecule has 0 aromatic heterocycles. The van der Waals surface area contributed by atoms with Crippen molar-refractivity contribution in [2.45, 2.75) is 6.92 Å². The van der Waals surface area contributed by atoms with Crippen molar-refractivity contribution in [1.82, 2.24) is 0 Å². The van der Waals surface area contributed by atoms with E-state index in [1.165, 1.54) is 0 Å². The Balaban J connectivity index is 4.63. The molecule has 0 aliphatic heterocycles. The van der Waals surface area contributed by atoms with Crippen LogP contribution in [0.3, 0.4) is 0 Å². The third-order valence-corrected chi connectivity index (χ3v) is 5.82. The van der Waals surface area contributed by atoms with Crippen molar-refractivity contribution in [2.75, 3.05) is 0 Å². The van der Waals surface area contributed by atoms with Crippen LogP contribution in [-0.4, -0.2) is 0 Å². The van der Waals surface area contributed by atoms with Gasteiger partial charge in [-0.3, -0.25) is 0 Å². The van der Waals surface area contributed by atoms with Crippen molar-refractivity contribution in [3.8, 4) is 557 Å². The first-order valence-electron chi connectivity index (χ1n) is 23.8. The maximum absolute atomic E-state index is 4.95. The minimum Gasteiger partial charge on any atom is -0.106 e. The van der Waals surface area contributed by atoms with Gasteiger partial charge >= 0.3 is 0 Å². The second-order valence-corrected chi connectivity index (χ2v) is 11.8. The Bertz CT molecular complexity index is 6650. The second kappa shape index (κ2) is 73.3. The predicted octanol–water partition coefficient (Wildman–Crippen LogP) is 0.796.